The molecule has 0 saturated carbocycles. The fourth-order valence-corrected chi connectivity index (χ4v) is 2.98. The van der Waals surface area contributed by atoms with Gasteiger partial charge in [0.25, 0.3) is 0 Å². The molecule has 0 amide bonds. The minimum Gasteiger partial charge on any atom is -0.506 e. The van der Waals surface area contributed by atoms with Crippen LogP contribution in [-0.2, 0) is 6.54 Å². The average Bonchev–Trinajstić information content (AvgIpc) is 2.49. The van der Waals surface area contributed by atoms with Crippen LogP contribution in [-0.4, -0.2) is 36.2 Å². The zero-order valence-corrected chi connectivity index (χ0v) is 12.6. The number of piperazine rings is 1. The normalized spacial score (nSPS) is 16.1. The molecule has 1 aliphatic rings. The Bertz CT molecular complexity index is 609. The molecule has 2 aromatic carbocycles. The molecule has 0 bridgehead atoms. The van der Waals surface area contributed by atoms with Crippen molar-refractivity contribution in [2.45, 2.75) is 6.54 Å². The highest BCUT2D eigenvalue weighted by atomic mass is 35.5. The molecular weight excluding hydrogens is 284 g/mol. The molecule has 0 spiro atoms. The van der Waals surface area contributed by atoms with Crippen molar-refractivity contribution in [3.05, 3.63) is 59.1 Å². The quantitative estimate of drug-likeness (QED) is 0.942. The Balaban J connectivity index is 1.59. The summed E-state index contributed by atoms with van der Waals surface area (Å²) in [7, 11) is 0. The maximum atomic E-state index is 9.92. The zero-order valence-electron chi connectivity index (χ0n) is 11.9. The topological polar surface area (TPSA) is 26.7 Å². The Hall–Kier alpha value is -1.71. The third-order valence-corrected chi connectivity index (χ3v) is 4.13. The molecule has 3 nitrogen and oxygen atoms in total. The van der Waals surface area contributed by atoms with Crippen molar-refractivity contribution in [3.63, 3.8) is 0 Å². The second kappa shape index (κ2) is 6.37. The van der Waals surface area contributed by atoms with Gasteiger partial charge in [-0.05, 0) is 29.8 Å². The van der Waals surface area contributed by atoms with E-state index in [9.17, 15) is 5.11 Å². The second-order valence-electron chi connectivity index (χ2n) is 5.38. The lowest BCUT2D eigenvalue weighted by Gasteiger charge is -2.36. The van der Waals surface area contributed by atoms with Crippen molar-refractivity contribution in [1.82, 2.24) is 4.90 Å². The number of halogens is 1. The molecule has 0 unspecified atom stereocenters. The largest absolute Gasteiger partial charge is 0.506 e. The summed E-state index contributed by atoms with van der Waals surface area (Å²) in [6.45, 7) is 4.76. The Morgan fingerprint density at radius 3 is 2.43 bits per heavy atom. The lowest BCUT2D eigenvalue weighted by Crippen LogP contribution is -2.45. The predicted octanol–water partition coefficient (Wildman–Crippen LogP) is 3.37. The first-order valence-electron chi connectivity index (χ1n) is 7.22. The molecule has 1 aliphatic heterocycles. The van der Waals surface area contributed by atoms with E-state index in [2.05, 4.69) is 15.9 Å². The van der Waals surface area contributed by atoms with Gasteiger partial charge in [0.1, 0.15) is 5.75 Å². The third-order valence-electron chi connectivity index (χ3n) is 3.89. The summed E-state index contributed by atoms with van der Waals surface area (Å²) < 4.78 is 0. The van der Waals surface area contributed by atoms with Crippen LogP contribution in [0.1, 0.15) is 5.56 Å². The zero-order chi connectivity index (χ0) is 14.7. The summed E-state index contributed by atoms with van der Waals surface area (Å²) in [6.07, 6.45) is 0. The molecule has 1 heterocycles. The molecule has 0 radical (unpaired) electrons. The fraction of sp³-hybridized carbons (Fsp3) is 0.294. The molecule has 0 aromatic heterocycles. The van der Waals surface area contributed by atoms with E-state index in [1.54, 1.807) is 6.07 Å². The van der Waals surface area contributed by atoms with Gasteiger partial charge in [-0.2, -0.15) is 0 Å². The first-order chi connectivity index (χ1) is 10.2. The number of aromatic hydroxyl groups is 1. The lowest BCUT2D eigenvalue weighted by molar-refractivity contribution is 0.249. The van der Waals surface area contributed by atoms with Crippen LogP contribution in [0.15, 0.2) is 48.5 Å². The second-order valence-corrected chi connectivity index (χ2v) is 5.82. The van der Waals surface area contributed by atoms with Gasteiger partial charge in [0.05, 0.1) is 5.69 Å². The molecule has 1 saturated heterocycles. The average molecular weight is 303 g/mol. The SMILES string of the molecule is Oc1ccccc1N1CCN(Cc2cccc(Cl)c2)CC1. The standard InChI is InChI=1S/C17H19ClN2O/c18-15-5-3-4-14(12-15)13-19-8-10-20(11-9-19)16-6-1-2-7-17(16)21/h1-7,12,21H,8-11,13H2. The minimum absolute atomic E-state index is 0.362. The Morgan fingerprint density at radius 1 is 0.952 bits per heavy atom. The smallest absolute Gasteiger partial charge is 0.138 e. The number of hydrogen-bond acceptors (Lipinski definition) is 3. The monoisotopic (exact) mass is 302 g/mol. The van der Waals surface area contributed by atoms with Gasteiger partial charge in [-0.3, -0.25) is 4.90 Å². The summed E-state index contributed by atoms with van der Waals surface area (Å²) in [6, 6.07) is 15.6. The van der Waals surface area contributed by atoms with Crippen molar-refractivity contribution in [2.24, 2.45) is 0 Å². The summed E-state index contributed by atoms with van der Waals surface area (Å²) >= 11 is 6.03. The number of hydrogen-bond donors (Lipinski definition) is 1. The van der Waals surface area contributed by atoms with Crippen LogP contribution < -0.4 is 4.90 Å². The Kier molecular flexibility index (Phi) is 4.32. The summed E-state index contributed by atoms with van der Waals surface area (Å²) in [5.74, 6) is 0.362. The fourth-order valence-electron chi connectivity index (χ4n) is 2.77. The number of phenolic OH excluding ortho intramolecular Hbond substituents is 1. The van der Waals surface area contributed by atoms with Gasteiger partial charge in [0.2, 0.25) is 0 Å². The van der Waals surface area contributed by atoms with Crippen molar-refractivity contribution in [3.8, 4) is 5.75 Å². The van der Waals surface area contributed by atoms with E-state index in [1.807, 2.05) is 36.4 Å². The van der Waals surface area contributed by atoms with Crippen molar-refractivity contribution < 1.29 is 5.11 Å². The maximum Gasteiger partial charge on any atom is 0.138 e. The third kappa shape index (κ3) is 3.49. The van der Waals surface area contributed by atoms with Gasteiger partial charge in [-0.1, -0.05) is 35.9 Å². The number of anilines is 1. The van der Waals surface area contributed by atoms with E-state index in [0.29, 0.717) is 5.75 Å². The van der Waals surface area contributed by atoms with Gasteiger partial charge in [-0.25, -0.2) is 0 Å². The van der Waals surface area contributed by atoms with Crippen LogP contribution >= 0.6 is 11.6 Å². The molecule has 1 fully saturated rings. The van der Waals surface area contributed by atoms with Gasteiger partial charge >= 0.3 is 0 Å². The van der Waals surface area contributed by atoms with Crippen LogP contribution in [0.5, 0.6) is 5.75 Å². The molecule has 3 rings (SSSR count). The molecule has 0 aliphatic carbocycles. The van der Waals surface area contributed by atoms with Crippen molar-refractivity contribution in [2.75, 3.05) is 31.1 Å². The van der Waals surface area contributed by atoms with Gasteiger partial charge in [0.15, 0.2) is 0 Å². The highest BCUT2D eigenvalue weighted by molar-refractivity contribution is 6.30. The summed E-state index contributed by atoms with van der Waals surface area (Å²) in [5.41, 5.74) is 2.18. The lowest BCUT2D eigenvalue weighted by atomic mass is 10.2. The molecule has 0 atom stereocenters. The molecule has 21 heavy (non-hydrogen) atoms. The van der Waals surface area contributed by atoms with Crippen LogP contribution in [0.4, 0.5) is 5.69 Å². The first-order valence-corrected chi connectivity index (χ1v) is 7.60. The number of nitrogens with zero attached hydrogens (tertiary/aromatic N) is 2. The predicted molar refractivity (Wildman–Crippen MR) is 87.0 cm³/mol. The molecule has 110 valence electrons. The number of phenols is 1. The number of benzene rings is 2. The van der Waals surface area contributed by atoms with E-state index in [0.717, 1.165) is 43.4 Å². The Morgan fingerprint density at radius 2 is 1.71 bits per heavy atom. The van der Waals surface area contributed by atoms with Crippen LogP contribution in [0.3, 0.4) is 0 Å². The molecule has 2 aromatic rings. The van der Waals surface area contributed by atoms with Crippen LogP contribution in [0, 0.1) is 0 Å². The van der Waals surface area contributed by atoms with Crippen molar-refractivity contribution >= 4 is 17.3 Å². The van der Waals surface area contributed by atoms with Gasteiger partial charge < -0.3 is 10.0 Å². The van der Waals surface area contributed by atoms with E-state index < -0.39 is 0 Å². The number of para-hydroxylation sites is 2. The molecular formula is C17H19ClN2O. The van der Waals surface area contributed by atoms with Gasteiger partial charge in [0, 0.05) is 37.7 Å². The minimum atomic E-state index is 0.362. The molecule has 4 heteroatoms. The van der Waals surface area contributed by atoms with E-state index in [-0.39, 0.29) is 0 Å². The summed E-state index contributed by atoms with van der Waals surface area (Å²) in [4.78, 5) is 4.66. The highest BCUT2D eigenvalue weighted by Crippen LogP contribution is 2.27. The van der Waals surface area contributed by atoms with Gasteiger partial charge in [-0.15, -0.1) is 0 Å². The number of rotatable bonds is 3. The van der Waals surface area contributed by atoms with Crippen molar-refractivity contribution in [1.29, 1.82) is 0 Å². The summed E-state index contributed by atoms with van der Waals surface area (Å²) in [5, 5.41) is 10.7. The van der Waals surface area contributed by atoms with Crippen LogP contribution in [0.25, 0.3) is 0 Å². The first kappa shape index (κ1) is 14.2. The maximum absolute atomic E-state index is 9.92. The van der Waals surface area contributed by atoms with E-state index in [1.165, 1.54) is 5.56 Å². The highest BCUT2D eigenvalue weighted by Gasteiger charge is 2.19. The van der Waals surface area contributed by atoms with E-state index >= 15 is 0 Å². The Labute approximate surface area is 130 Å². The molecule has 1 N–H and O–H groups in total. The van der Waals surface area contributed by atoms with E-state index in [4.69, 9.17) is 11.6 Å². The van der Waals surface area contributed by atoms with Crippen LogP contribution in [0.2, 0.25) is 5.02 Å².